The van der Waals surface area contributed by atoms with Gasteiger partial charge in [0.05, 0.1) is 18.6 Å². The topological polar surface area (TPSA) is 141 Å². The summed E-state index contributed by atoms with van der Waals surface area (Å²) in [6.07, 6.45) is -1.48. The van der Waals surface area contributed by atoms with Gasteiger partial charge in [0.15, 0.2) is 6.10 Å². The molecule has 42 heavy (non-hydrogen) atoms. The lowest BCUT2D eigenvalue weighted by Gasteiger charge is -2.26. The van der Waals surface area contributed by atoms with Gasteiger partial charge in [-0.25, -0.2) is 27.5 Å². The SMILES string of the molecule is COC(=O)C(OCc1ccccc1)c1cc(Cl)ccc1S(=O)(=O)N[C@H](c1n[nH]c(=O)o1)C(C)c1c(F)ccc(C)c1C. The molecule has 0 saturated carbocycles. The molecular weight excluding hydrogens is 589 g/mol. The molecule has 0 radical (unpaired) electrons. The van der Waals surface area contributed by atoms with Crippen molar-refractivity contribution in [2.24, 2.45) is 0 Å². The first-order valence-electron chi connectivity index (χ1n) is 12.8. The second-order valence-electron chi connectivity index (χ2n) is 9.62. The van der Waals surface area contributed by atoms with Crippen molar-refractivity contribution >= 4 is 27.6 Å². The van der Waals surface area contributed by atoms with Gasteiger partial charge in [0.1, 0.15) is 11.9 Å². The molecule has 0 spiro atoms. The standard InChI is InChI=1S/C29H29ClFN3O7S/c1-16-10-12-22(31)24(17(16)2)18(3)25(27-32-33-29(36)41-27)34-42(37,38)23-13-11-20(30)14-21(23)26(28(35)39-4)40-15-19-8-6-5-7-9-19/h5-14,18,25-26,34H,15H2,1-4H3,(H,33,36)/t18?,25-,26?/m0/s1. The van der Waals surface area contributed by atoms with Crippen molar-refractivity contribution in [3.63, 3.8) is 0 Å². The molecule has 0 aliphatic heterocycles. The Labute approximate surface area is 246 Å². The zero-order valence-electron chi connectivity index (χ0n) is 23.2. The fourth-order valence-corrected chi connectivity index (χ4v) is 6.29. The summed E-state index contributed by atoms with van der Waals surface area (Å²) >= 11 is 6.23. The van der Waals surface area contributed by atoms with Gasteiger partial charge in [-0.3, -0.25) is 0 Å². The van der Waals surface area contributed by atoms with Crippen LogP contribution >= 0.6 is 11.6 Å². The fourth-order valence-electron chi connectivity index (χ4n) is 4.62. The van der Waals surface area contributed by atoms with Crippen LogP contribution in [0.5, 0.6) is 0 Å². The van der Waals surface area contributed by atoms with Crippen LogP contribution in [0.3, 0.4) is 0 Å². The highest BCUT2D eigenvalue weighted by molar-refractivity contribution is 7.89. The van der Waals surface area contributed by atoms with Crippen LogP contribution in [0.15, 0.2) is 74.8 Å². The predicted octanol–water partition coefficient (Wildman–Crippen LogP) is 5.03. The van der Waals surface area contributed by atoms with E-state index in [1.54, 1.807) is 51.1 Å². The van der Waals surface area contributed by atoms with Crippen molar-refractivity contribution in [2.75, 3.05) is 7.11 Å². The molecule has 10 nitrogen and oxygen atoms in total. The molecule has 4 rings (SSSR count). The summed E-state index contributed by atoms with van der Waals surface area (Å²) in [5.74, 6) is -3.55. The number of hydrogen-bond donors (Lipinski definition) is 2. The minimum Gasteiger partial charge on any atom is -0.467 e. The zero-order valence-corrected chi connectivity index (χ0v) is 24.8. The van der Waals surface area contributed by atoms with Gasteiger partial charge in [-0.15, -0.1) is 5.10 Å². The van der Waals surface area contributed by atoms with Crippen LogP contribution in [0, 0.1) is 19.7 Å². The number of benzene rings is 3. The number of carbonyl (C=O) groups is 1. The van der Waals surface area contributed by atoms with Gasteiger partial charge in [0, 0.05) is 16.5 Å². The maximum Gasteiger partial charge on any atom is 0.434 e. The number of ether oxygens (including phenoxy) is 2. The second kappa shape index (κ2) is 13.0. The molecule has 0 aliphatic rings. The Morgan fingerprint density at radius 1 is 1.14 bits per heavy atom. The third kappa shape index (κ3) is 6.79. The van der Waals surface area contributed by atoms with E-state index in [4.69, 9.17) is 25.5 Å². The number of sulfonamides is 1. The number of aryl methyl sites for hydroxylation is 1. The number of nitrogens with zero attached hydrogens (tertiary/aromatic N) is 1. The molecule has 0 bridgehead atoms. The van der Waals surface area contributed by atoms with Crippen LogP contribution in [0.1, 0.15) is 58.7 Å². The average Bonchev–Trinajstić information content (AvgIpc) is 3.40. The highest BCUT2D eigenvalue weighted by Gasteiger charge is 2.36. The molecule has 1 heterocycles. The van der Waals surface area contributed by atoms with E-state index in [0.29, 0.717) is 5.56 Å². The van der Waals surface area contributed by atoms with Crippen LogP contribution in [-0.4, -0.2) is 31.7 Å². The first kappa shape index (κ1) is 31.1. The Hall–Kier alpha value is -3.84. The van der Waals surface area contributed by atoms with Gasteiger partial charge >= 0.3 is 11.7 Å². The Morgan fingerprint density at radius 3 is 2.50 bits per heavy atom. The average molecular weight is 618 g/mol. The number of rotatable bonds is 11. The van der Waals surface area contributed by atoms with E-state index in [1.165, 1.54) is 24.3 Å². The highest BCUT2D eigenvalue weighted by Crippen LogP contribution is 2.37. The molecule has 0 saturated heterocycles. The van der Waals surface area contributed by atoms with E-state index in [-0.39, 0.29) is 33.5 Å². The van der Waals surface area contributed by atoms with Crippen LogP contribution in [0.4, 0.5) is 4.39 Å². The molecule has 0 aliphatic carbocycles. The van der Waals surface area contributed by atoms with Crippen LogP contribution in [-0.2, 0) is 30.9 Å². The number of nitrogens with one attached hydrogen (secondary N) is 2. The summed E-state index contributed by atoms with van der Waals surface area (Å²) in [5, 5.41) is 6.08. The second-order valence-corrected chi connectivity index (χ2v) is 11.7. The minimum atomic E-state index is -4.54. The van der Waals surface area contributed by atoms with E-state index < -0.39 is 45.6 Å². The summed E-state index contributed by atoms with van der Waals surface area (Å²) in [4.78, 5) is 24.3. The normalized spacial score (nSPS) is 13.9. The molecular formula is C29H29ClFN3O7S. The molecule has 0 amide bonds. The van der Waals surface area contributed by atoms with Crippen molar-refractivity contribution in [1.82, 2.24) is 14.9 Å². The van der Waals surface area contributed by atoms with E-state index in [9.17, 15) is 18.0 Å². The smallest absolute Gasteiger partial charge is 0.434 e. The van der Waals surface area contributed by atoms with Gasteiger partial charge in [-0.05, 0) is 60.4 Å². The van der Waals surface area contributed by atoms with Crippen LogP contribution in [0.2, 0.25) is 5.02 Å². The summed E-state index contributed by atoms with van der Waals surface area (Å²) in [5.41, 5.74) is 2.22. The summed E-state index contributed by atoms with van der Waals surface area (Å²) in [6.45, 7) is 5.04. The van der Waals surface area contributed by atoms with E-state index in [1.807, 2.05) is 6.07 Å². The highest BCUT2D eigenvalue weighted by atomic mass is 35.5. The molecule has 1 aromatic heterocycles. The van der Waals surface area contributed by atoms with Crippen molar-refractivity contribution in [2.45, 2.75) is 50.3 Å². The Kier molecular flexibility index (Phi) is 9.62. The van der Waals surface area contributed by atoms with E-state index in [0.717, 1.165) is 18.2 Å². The number of aromatic amines is 1. The van der Waals surface area contributed by atoms with Gasteiger partial charge in [-0.1, -0.05) is 54.9 Å². The quantitative estimate of drug-likeness (QED) is 0.223. The predicted molar refractivity (Wildman–Crippen MR) is 152 cm³/mol. The van der Waals surface area contributed by atoms with E-state index in [2.05, 4.69) is 14.9 Å². The zero-order chi connectivity index (χ0) is 30.6. The number of hydrogen-bond acceptors (Lipinski definition) is 8. The molecule has 4 aromatic rings. The molecule has 3 atom stereocenters. The van der Waals surface area contributed by atoms with Gasteiger partial charge in [-0.2, -0.15) is 4.72 Å². The molecule has 0 fully saturated rings. The first-order valence-corrected chi connectivity index (χ1v) is 14.6. The number of H-pyrrole nitrogens is 1. The molecule has 13 heteroatoms. The lowest BCUT2D eigenvalue weighted by molar-refractivity contribution is -0.155. The van der Waals surface area contributed by atoms with Crippen molar-refractivity contribution < 1.29 is 31.5 Å². The monoisotopic (exact) mass is 617 g/mol. The Balaban J connectivity index is 1.79. The van der Waals surface area contributed by atoms with Gasteiger partial charge in [0.25, 0.3) is 0 Å². The third-order valence-electron chi connectivity index (χ3n) is 6.91. The third-order valence-corrected chi connectivity index (χ3v) is 8.66. The number of aromatic nitrogens is 2. The molecule has 222 valence electrons. The maximum atomic E-state index is 15.1. The minimum absolute atomic E-state index is 0.0377. The number of esters is 1. The van der Waals surface area contributed by atoms with Gasteiger partial charge in [0.2, 0.25) is 15.9 Å². The van der Waals surface area contributed by atoms with Crippen molar-refractivity contribution in [3.05, 3.63) is 116 Å². The maximum absolute atomic E-state index is 15.1. The van der Waals surface area contributed by atoms with Crippen LogP contribution in [0.25, 0.3) is 0 Å². The molecule has 2 unspecified atom stereocenters. The lowest BCUT2D eigenvalue weighted by atomic mass is 9.88. The van der Waals surface area contributed by atoms with Crippen LogP contribution < -0.4 is 10.5 Å². The summed E-state index contributed by atoms with van der Waals surface area (Å²) < 4.78 is 61.5. The fraction of sp³-hybridized carbons (Fsp3) is 0.276. The number of carbonyl (C=O) groups excluding carboxylic acids is 1. The number of methoxy groups -OCH3 is 1. The van der Waals surface area contributed by atoms with E-state index >= 15 is 4.39 Å². The van der Waals surface area contributed by atoms with Crippen molar-refractivity contribution in [3.8, 4) is 0 Å². The van der Waals surface area contributed by atoms with Crippen molar-refractivity contribution in [1.29, 1.82) is 0 Å². The largest absolute Gasteiger partial charge is 0.467 e. The summed E-state index contributed by atoms with van der Waals surface area (Å²) in [7, 11) is -3.39. The Morgan fingerprint density at radius 2 is 1.86 bits per heavy atom. The Bertz CT molecular complexity index is 1740. The first-order chi connectivity index (χ1) is 19.9. The molecule has 3 aromatic carbocycles. The summed E-state index contributed by atoms with van der Waals surface area (Å²) in [6, 6.07) is 14.3. The van der Waals surface area contributed by atoms with Gasteiger partial charge < -0.3 is 13.9 Å². The number of halogens is 2. The molecule has 2 N–H and O–H groups in total. The lowest BCUT2D eigenvalue weighted by Crippen LogP contribution is -2.34.